The molecular formula is C11H15N5O2S. The second-order valence-corrected chi connectivity index (χ2v) is 5.99. The molecule has 19 heavy (non-hydrogen) atoms. The average molecular weight is 281 g/mol. The van der Waals surface area contributed by atoms with Gasteiger partial charge in [0.15, 0.2) is 5.82 Å². The fraction of sp³-hybridized carbons (Fsp3) is 0.364. The molecule has 1 aromatic carbocycles. The van der Waals surface area contributed by atoms with Gasteiger partial charge in [-0.3, -0.25) is 0 Å². The van der Waals surface area contributed by atoms with E-state index in [2.05, 4.69) is 25.3 Å². The van der Waals surface area contributed by atoms with Crippen molar-refractivity contribution in [2.45, 2.75) is 25.2 Å². The Morgan fingerprint density at radius 1 is 1.26 bits per heavy atom. The van der Waals surface area contributed by atoms with E-state index in [9.17, 15) is 8.42 Å². The number of H-pyrrole nitrogens is 1. The molecule has 0 aliphatic heterocycles. The summed E-state index contributed by atoms with van der Waals surface area (Å²) in [5, 5.41) is 13.2. The quantitative estimate of drug-likeness (QED) is 0.823. The van der Waals surface area contributed by atoms with Crippen LogP contribution in [0.5, 0.6) is 0 Å². The number of benzene rings is 1. The molecule has 2 rings (SSSR count). The van der Waals surface area contributed by atoms with E-state index in [-0.39, 0.29) is 11.4 Å². The van der Waals surface area contributed by atoms with E-state index in [1.807, 2.05) is 13.8 Å². The van der Waals surface area contributed by atoms with Crippen molar-refractivity contribution in [2.24, 2.45) is 0 Å². The second-order valence-electron chi connectivity index (χ2n) is 4.22. The lowest BCUT2D eigenvalue weighted by molar-refractivity contribution is 0.580. The van der Waals surface area contributed by atoms with Crippen molar-refractivity contribution >= 4 is 10.0 Å². The molecular weight excluding hydrogens is 266 g/mol. The molecule has 0 radical (unpaired) electrons. The maximum absolute atomic E-state index is 12.0. The summed E-state index contributed by atoms with van der Waals surface area (Å²) in [5.41, 5.74) is 2.01. The highest BCUT2D eigenvalue weighted by atomic mass is 32.2. The molecule has 0 saturated carbocycles. The van der Waals surface area contributed by atoms with Crippen molar-refractivity contribution in [3.05, 3.63) is 35.2 Å². The zero-order valence-electron chi connectivity index (χ0n) is 10.7. The molecule has 0 aliphatic carbocycles. The summed E-state index contributed by atoms with van der Waals surface area (Å²) >= 11 is 0. The summed E-state index contributed by atoms with van der Waals surface area (Å²) in [4.78, 5) is 0.267. The number of hydrogen-bond donors (Lipinski definition) is 2. The Bertz CT molecular complexity index is 652. The molecule has 0 fully saturated rings. The van der Waals surface area contributed by atoms with Crippen molar-refractivity contribution < 1.29 is 8.42 Å². The zero-order chi connectivity index (χ0) is 13.9. The van der Waals surface area contributed by atoms with Crippen LogP contribution in [0.3, 0.4) is 0 Å². The number of sulfonamides is 1. The molecule has 7 nitrogen and oxygen atoms in total. The lowest BCUT2D eigenvalue weighted by Crippen LogP contribution is -2.26. The highest BCUT2D eigenvalue weighted by molar-refractivity contribution is 7.89. The third-order valence-corrected chi connectivity index (χ3v) is 4.28. The Labute approximate surface area is 111 Å². The highest BCUT2D eigenvalue weighted by Gasteiger charge is 2.14. The van der Waals surface area contributed by atoms with E-state index in [0.29, 0.717) is 12.2 Å². The number of aromatic amines is 1. The van der Waals surface area contributed by atoms with Crippen LogP contribution >= 0.6 is 0 Å². The molecule has 0 unspecified atom stereocenters. The van der Waals surface area contributed by atoms with Crippen LogP contribution in [0.4, 0.5) is 0 Å². The standard InChI is InChI=1S/C11H15N5O2S/c1-8-3-4-10(7-9(8)2)19(17,18)12-6-5-11-13-15-16-14-11/h3-4,7,12H,5-6H2,1-2H3,(H,13,14,15,16). The van der Waals surface area contributed by atoms with E-state index in [0.717, 1.165) is 11.1 Å². The van der Waals surface area contributed by atoms with Crippen LogP contribution in [0.1, 0.15) is 17.0 Å². The van der Waals surface area contributed by atoms with Crippen molar-refractivity contribution in [3.63, 3.8) is 0 Å². The maximum Gasteiger partial charge on any atom is 0.240 e. The molecule has 0 spiro atoms. The largest absolute Gasteiger partial charge is 0.240 e. The van der Waals surface area contributed by atoms with Gasteiger partial charge in [-0.15, -0.1) is 10.2 Å². The third-order valence-electron chi connectivity index (χ3n) is 2.82. The fourth-order valence-corrected chi connectivity index (χ4v) is 2.67. The van der Waals surface area contributed by atoms with Crippen LogP contribution in [0.15, 0.2) is 23.1 Å². The normalized spacial score (nSPS) is 11.7. The van der Waals surface area contributed by atoms with Crippen LogP contribution in [0.2, 0.25) is 0 Å². The van der Waals surface area contributed by atoms with Crippen molar-refractivity contribution in [1.82, 2.24) is 25.3 Å². The van der Waals surface area contributed by atoms with E-state index >= 15 is 0 Å². The molecule has 0 amide bonds. The number of rotatable bonds is 5. The number of nitrogens with zero attached hydrogens (tertiary/aromatic N) is 3. The van der Waals surface area contributed by atoms with Gasteiger partial charge in [-0.1, -0.05) is 11.3 Å². The molecule has 0 saturated heterocycles. The Hall–Kier alpha value is -1.80. The number of tetrazole rings is 1. The number of hydrogen-bond acceptors (Lipinski definition) is 5. The Kier molecular flexibility index (Phi) is 3.91. The van der Waals surface area contributed by atoms with E-state index in [1.165, 1.54) is 0 Å². The summed E-state index contributed by atoms with van der Waals surface area (Å²) < 4.78 is 26.6. The van der Waals surface area contributed by atoms with Gasteiger partial charge in [-0.25, -0.2) is 13.1 Å². The number of nitrogens with one attached hydrogen (secondary N) is 2. The monoisotopic (exact) mass is 281 g/mol. The number of aromatic nitrogens is 4. The smallest absolute Gasteiger partial charge is 0.211 e. The van der Waals surface area contributed by atoms with Gasteiger partial charge in [0.05, 0.1) is 4.90 Å². The predicted octanol–water partition coefficient (Wildman–Crippen LogP) is 0.338. The highest BCUT2D eigenvalue weighted by Crippen LogP contribution is 2.14. The SMILES string of the molecule is Cc1ccc(S(=O)(=O)NCCc2nn[nH]n2)cc1C. The van der Waals surface area contributed by atoms with Crippen molar-refractivity contribution in [3.8, 4) is 0 Å². The maximum atomic E-state index is 12.0. The minimum Gasteiger partial charge on any atom is -0.211 e. The van der Waals surface area contributed by atoms with Gasteiger partial charge in [-0.2, -0.15) is 5.21 Å². The van der Waals surface area contributed by atoms with Crippen LogP contribution in [-0.4, -0.2) is 35.6 Å². The minimum atomic E-state index is -3.49. The summed E-state index contributed by atoms with van der Waals surface area (Å²) in [6.45, 7) is 4.05. The van der Waals surface area contributed by atoms with Crippen LogP contribution in [0.25, 0.3) is 0 Å². The molecule has 0 aliphatic rings. The van der Waals surface area contributed by atoms with E-state index < -0.39 is 10.0 Å². The Morgan fingerprint density at radius 3 is 2.68 bits per heavy atom. The Balaban J connectivity index is 2.03. The van der Waals surface area contributed by atoms with Crippen molar-refractivity contribution in [2.75, 3.05) is 6.54 Å². The van der Waals surface area contributed by atoms with Crippen molar-refractivity contribution in [1.29, 1.82) is 0 Å². The molecule has 2 aromatic rings. The summed E-state index contributed by atoms with van der Waals surface area (Å²) in [6, 6.07) is 5.05. The molecule has 2 N–H and O–H groups in total. The lowest BCUT2D eigenvalue weighted by atomic mass is 10.1. The first kappa shape index (κ1) is 13.6. The average Bonchev–Trinajstić information content (AvgIpc) is 2.85. The van der Waals surface area contributed by atoms with Crippen LogP contribution in [0, 0.1) is 13.8 Å². The first-order valence-corrected chi connectivity index (χ1v) is 7.26. The third kappa shape index (κ3) is 3.36. The van der Waals surface area contributed by atoms with Gasteiger partial charge in [-0.05, 0) is 37.1 Å². The van der Waals surface area contributed by atoms with Gasteiger partial charge in [0, 0.05) is 13.0 Å². The summed E-state index contributed by atoms with van der Waals surface area (Å²) in [5.74, 6) is 0.475. The minimum absolute atomic E-state index is 0.231. The van der Waals surface area contributed by atoms with Gasteiger partial charge in [0.2, 0.25) is 10.0 Å². The van der Waals surface area contributed by atoms with Gasteiger partial charge in [0.25, 0.3) is 0 Å². The molecule has 1 heterocycles. The summed E-state index contributed by atoms with van der Waals surface area (Å²) in [7, 11) is -3.49. The fourth-order valence-electron chi connectivity index (χ4n) is 1.55. The molecule has 0 bridgehead atoms. The Morgan fingerprint density at radius 2 is 2.05 bits per heavy atom. The van der Waals surface area contributed by atoms with E-state index in [1.54, 1.807) is 18.2 Å². The number of aryl methyl sites for hydroxylation is 2. The summed E-state index contributed by atoms with van der Waals surface area (Å²) in [6.07, 6.45) is 0.389. The zero-order valence-corrected chi connectivity index (χ0v) is 11.5. The molecule has 8 heteroatoms. The van der Waals surface area contributed by atoms with E-state index in [4.69, 9.17) is 0 Å². The van der Waals surface area contributed by atoms with Gasteiger partial charge < -0.3 is 0 Å². The molecule has 102 valence electrons. The van der Waals surface area contributed by atoms with Gasteiger partial charge >= 0.3 is 0 Å². The lowest BCUT2D eigenvalue weighted by Gasteiger charge is -2.07. The van der Waals surface area contributed by atoms with Gasteiger partial charge in [0.1, 0.15) is 0 Å². The first-order valence-electron chi connectivity index (χ1n) is 5.78. The molecule has 1 aromatic heterocycles. The van der Waals surface area contributed by atoms with Crippen LogP contribution < -0.4 is 4.72 Å². The topological polar surface area (TPSA) is 101 Å². The molecule has 0 atom stereocenters. The first-order chi connectivity index (χ1) is 8.99. The second kappa shape index (κ2) is 5.45. The van der Waals surface area contributed by atoms with Crippen LogP contribution in [-0.2, 0) is 16.4 Å². The predicted molar refractivity (Wildman–Crippen MR) is 69.0 cm³/mol.